The second kappa shape index (κ2) is 10.9. The van der Waals surface area contributed by atoms with Gasteiger partial charge >= 0.3 is 0 Å². The first-order chi connectivity index (χ1) is 7.76. The molecule has 1 unspecified atom stereocenters. The Kier molecular flexibility index (Phi) is 10.5. The van der Waals surface area contributed by atoms with Gasteiger partial charge in [0.15, 0.2) is 0 Å². The molecular weight excluding hydrogens is 204 g/mol. The summed E-state index contributed by atoms with van der Waals surface area (Å²) in [5, 5.41) is 0. The van der Waals surface area contributed by atoms with Gasteiger partial charge in [-0.25, -0.2) is 5.84 Å². The van der Waals surface area contributed by atoms with E-state index >= 15 is 0 Å². The van der Waals surface area contributed by atoms with Crippen LogP contribution in [0.3, 0.4) is 0 Å². The molecule has 4 nitrogen and oxygen atoms in total. The molecule has 0 heterocycles. The normalized spacial score (nSPS) is 12.4. The highest BCUT2D eigenvalue weighted by atomic mass is 16.5. The fourth-order valence-corrected chi connectivity index (χ4v) is 1.58. The Labute approximate surface area is 98.9 Å². The molecule has 0 fully saturated rings. The molecule has 1 atom stereocenters. The average molecular weight is 230 g/mol. The van der Waals surface area contributed by atoms with Gasteiger partial charge in [-0.1, -0.05) is 46.0 Å². The van der Waals surface area contributed by atoms with Gasteiger partial charge in [0.1, 0.15) is 6.10 Å². The Morgan fingerprint density at radius 2 is 1.88 bits per heavy atom. The summed E-state index contributed by atoms with van der Waals surface area (Å²) < 4.78 is 5.52. The fraction of sp³-hybridized carbons (Fsp3) is 0.917. The zero-order chi connectivity index (χ0) is 12.2. The van der Waals surface area contributed by atoms with E-state index in [2.05, 4.69) is 12.3 Å². The fourth-order valence-electron chi connectivity index (χ4n) is 1.58. The molecular formula is C12H26N2O2. The van der Waals surface area contributed by atoms with Gasteiger partial charge in [0.05, 0.1) is 0 Å². The molecule has 0 bridgehead atoms. The summed E-state index contributed by atoms with van der Waals surface area (Å²) in [5.74, 6) is 4.88. The Bertz CT molecular complexity index is 174. The third-order valence-electron chi connectivity index (χ3n) is 2.55. The standard InChI is InChI=1S/C12H26N2O2/c1-3-5-6-7-8-10-16-11(9-4-2)12(15)14-13/h11H,3-10,13H2,1-2H3,(H,14,15). The number of hydrazine groups is 1. The van der Waals surface area contributed by atoms with Gasteiger partial charge in [-0.05, 0) is 12.8 Å². The maximum atomic E-state index is 11.3. The first-order valence-electron chi connectivity index (χ1n) is 6.38. The molecule has 0 radical (unpaired) electrons. The molecule has 3 N–H and O–H groups in total. The summed E-state index contributed by atoms with van der Waals surface area (Å²) in [6.45, 7) is 4.88. The number of unbranched alkanes of at least 4 members (excludes halogenated alkanes) is 4. The summed E-state index contributed by atoms with van der Waals surface area (Å²) in [7, 11) is 0. The van der Waals surface area contributed by atoms with Crippen LogP contribution in [0.4, 0.5) is 0 Å². The molecule has 0 spiro atoms. The number of nitrogens with two attached hydrogens (primary N) is 1. The lowest BCUT2D eigenvalue weighted by Gasteiger charge is -2.15. The minimum Gasteiger partial charge on any atom is -0.368 e. The zero-order valence-corrected chi connectivity index (χ0v) is 10.6. The van der Waals surface area contributed by atoms with Gasteiger partial charge in [0.25, 0.3) is 5.91 Å². The summed E-state index contributed by atoms with van der Waals surface area (Å²) in [6.07, 6.45) is 7.26. The first-order valence-corrected chi connectivity index (χ1v) is 6.38. The van der Waals surface area contributed by atoms with Gasteiger partial charge in [-0.15, -0.1) is 0 Å². The molecule has 0 saturated carbocycles. The lowest BCUT2D eigenvalue weighted by Crippen LogP contribution is -2.40. The van der Waals surface area contributed by atoms with Crippen molar-refractivity contribution in [3.8, 4) is 0 Å². The SMILES string of the molecule is CCCCCCCOC(CCC)C(=O)NN. The van der Waals surface area contributed by atoms with Crippen molar-refractivity contribution in [1.29, 1.82) is 0 Å². The molecule has 0 rings (SSSR count). The van der Waals surface area contributed by atoms with Crippen LogP contribution >= 0.6 is 0 Å². The van der Waals surface area contributed by atoms with Crippen LogP contribution in [0.2, 0.25) is 0 Å². The largest absolute Gasteiger partial charge is 0.368 e. The van der Waals surface area contributed by atoms with Crippen LogP contribution in [-0.2, 0) is 9.53 Å². The van der Waals surface area contributed by atoms with E-state index in [1.165, 1.54) is 25.7 Å². The lowest BCUT2D eigenvalue weighted by molar-refractivity contribution is -0.133. The number of ether oxygens (including phenoxy) is 1. The molecule has 4 heteroatoms. The van der Waals surface area contributed by atoms with Crippen LogP contribution in [-0.4, -0.2) is 18.6 Å². The van der Waals surface area contributed by atoms with Crippen molar-refractivity contribution in [3.05, 3.63) is 0 Å². The van der Waals surface area contributed by atoms with E-state index in [0.29, 0.717) is 6.61 Å². The van der Waals surface area contributed by atoms with E-state index in [1.807, 2.05) is 6.92 Å². The van der Waals surface area contributed by atoms with E-state index in [1.54, 1.807) is 0 Å². The van der Waals surface area contributed by atoms with Crippen molar-refractivity contribution in [2.24, 2.45) is 5.84 Å². The number of hydrogen-bond donors (Lipinski definition) is 2. The van der Waals surface area contributed by atoms with E-state index < -0.39 is 0 Å². The highest BCUT2D eigenvalue weighted by molar-refractivity contribution is 5.80. The lowest BCUT2D eigenvalue weighted by atomic mass is 10.1. The van der Waals surface area contributed by atoms with Crippen molar-refractivity contribution in [2.45, 2.75) is 64.9 Å². The molecule has 0 aromatic carbocycles. The number of carbonyl (C=O) groups excluding carboxylic acids is 1. The minimum absolute atomic E-state index is 0.213. The maximum absolute atomic E-state index is 11.3. The van der Waals surface area contributed by atoms with Gasteiger partial charge in [-0.2, -0.15) is 0 Å². The number of rotatable bonds is 10. The van der Waals surface area contributed by atoms with Crippen LogP contribution in [0.15, 0.2) is 0 Å². The van der Waals surface area contributed by atoms with Crippen molar-refractivity contribution < 1.29 is 9.53 Å². The van der Waals surface area contributed by atoms with Crippen molar-refractivity contribution in [2.75, 3.05) is 6.61 Å². The molecule has 16 heavy (non-hydrogen) atoms. The zero-order valence-electron chi connectivity index (χ0n) is 10.6. The predicted molar refractivity (Wildman–Crippen MR) is 65.7 cm³/mol. The quantitative estimate of drug-likeness (QED) is 0.261. The van der Waals surface area contributed by atoms with Gasteiger partial charge in [0, 0.05) is 6.61 Å². The predicted octanol–water partition coefficient (Wildman–Crippen LogP) is 2.13. The summed E-state index contributed by atoms with van der Waals surface area (Å²) >= 11 is 0. The van der Waals surface area contributed by atoms with Gasteiger partial charge < -0.3 is 4.74 Å². The van der Waals surface area contributed by atoms with Crippen LogP contribution in [0.1, 0.15) is 58.8 Å². The molecule has 0 saturated heterocycles. The summed E-state index contributed by atoms with van der Waals surface area (Å²) in [4.78, 5) is 11.3. The minimum atomic E-state index is -0.374. The molecule has 0 aliphatic heterocycles. The smallest absolute Gasteiger partial charge is 0.262 e. The Balaban J connectivity index is 3.56. The summed E-state index contributed by atoms with van der Waals surface area (Å²) in [6, 6.07) is 0. The van der Waals surface area contributed by atoms with Crippen LogP contribution in [0.5, 0.6) is 0 Å². The Hall–Kier alpha value is -0.610. The highest BCUT2D eigenvalue weighted by Crippen LogP contribution is 2.06. The number of hydrogen-bond acceptors (Lipinski definition) is 3. The van der Waals surface area contributed by atoms with Crippen molar-refractivity contribution in [1.82, 2.24) is 5.43 Å². The third-order valence-corrected chi connectivity index (χ3v) is 2.55. The molecule has 0 aliphatic carbocycles. The maximum Gasteiger partial charge on any atom is 0.262 e. The van der Waals surface area contributed by atoms with Crippen LogP contribution in [0.25, 0.3) is 0 Å². The average Bonchev–Trinajstić information content (AvgIpc) is 2.31. The number of amides is 1. The van der Waals surface area contributed by atoms with E-state index in [9.17, 15) is 4.79 Å². The third kappa shape index (κ3) is 7.65. The summed E-state index contributed by atoms with van der Waals surface area (Å²) in [5.41, 5.74) is 2.15. The molecule has 0 aromatic rings. The topological polar surface area (TPSA) is 64.3 Å². The van der Waals surface area contributed by atoms with Crippen molar-refractivity contribution >= 4 is 5.91 Å². The van der Waals surface area contributed by atoms with Crippen LogP contribution < -0.4 is 11.3 Å². The molecule has 0 aromatic heterocycles. The monoisotopic (exact) mass is 230 g/mol. The molecule has 96 valence electrons. The molecule has 0 aliphatic rings. The number of nitrogens with one attached hydrogen (secondary N) is 1. The van der Waals surface area contributed by atoms with Gasteiger partial charge in [0.2, 0.25) is 0 Å². The number of carbonyl (C=O) groups is 1. The van der Waals surface area contributed by atoms with Crippen molar-refractivity contribution in [3.63, 3.8) is 0 Å². The highest BCUT2D eigenvalue weighted by Gasteiger charge is 2.16. The first kappa shape index (κ1) is 15.4. The van der Waals surface area contributed by atoms with E-state index in [-0.39, 0.29) is 12.0 Å². The van der Waals surface area contributed by atoms with E-state index in [4.69, 9.17) is 10.6 Å². The Morgan fingerprint density at radius 1 is 1.19 bits per heavy atom. The Morgan fingerprint density at radius 3 is 2.44 bits per heavy atom. The van der Waals surface area contributed by atoms with Crippen LogP contribution in [0, 0.1) is 0 Å². The second-order valence-corrected chi connectivity index (χ2v) is 4.07. The van der Waals surface area contributed by atoms with E-state index in [0.717, 1.165) is 19.3 Å². The molecule has 1 amide bonds. The second-order valence-electron chi connectivity index (χ2n) is 4.07. The van der Waals surface area contributed by atoms with Gasteiger partial charge in [-0.3, -0.25) is 10.2 Å².